The molecule has 0 bridgehead atoms. The molecule has 1 heterocycles. The van der Waals surface area contributed by atoms with Crippen molar-refractivity contribution in [2.24, 2.45) is 0 Å². The van der Waals surface area contributed by atoms with Gasteiger partial charge in [0.1, 0.15) is 10.8 Å². The van der Waals surface area contributed by atoms with E-state index in [2.05, 4.69) is 31.1 Å². The quantitative estimate of drug-likeness (QED) is 0.829. The Balaban J connectivity index is 1.94. The first-order chi connectivity index (χ1) is 8.85. The summed E-state index contributed by atoms with van der Waals surface area (Å²) in [6, 6.07) is 0. The molecule has 2 rings (SSSR count). The summed E-state index contributed by atoms with van der Waals surface area (Å²) in [7, 11) is 1.72. The van der Waals surface area contributed by atoms with Crippen LogP contribution in [0.1, 0.15) is 57.2 Å². The molecule has 0 atom stereocenters. The van der Waals surface area contributed by atoms with Crippen LogP contribution in [0.25, 0.3) is 0 Å². The average Bonchev–Trinajstić information content (AvgIpc) is 2.71. The van der Waals surface area contributed by atoms with E-state index in [1.165, 1.54) is 6.42 Å². The van der Waals surface area contributed by atoms with Gasteiger partial charge in [-0.1, -0.05) is 20.8 Å². The fourth-order valence-corrected chi connectivity index (χ4v) is 3.40. The fraction of sp³-hybridized carbons (Fsp3) is 0.733. The van der Waals surface area contributed by atoms with Crippen molar-refractivity contribution < 1.29 is 9.53 Å². The second-order valence-corrected chi connectivity index (χ2v) is 7.45. The minimum Gasteiger partial charge on any atom is -0.378 e. The number of ketones is 1. The molecule has 106 valence electrons. The van der Waals surface area contributed by atoms with Gasteiger partial charge in [-0.25, -0.2) is 4.98 Å². The van der Waals surface area contributed by atoms with Gasteiger partial charge in [0, 0.05) is 24.3 Å². The smallest absolute Gasteiger partial charge is 0.142 e. The number of carbonyl (C=O) groups is 1. The van der Waals surface area contributed by atoms with Crippen molar-refractivity contribution in [1.29, 1.82) is 0 Å². The first-order valence-electron chi connectivity index (χ1n) is 6.86. The zero-order valence-electron chi connectivity index (χ0n) is 12.3. The predicted octanol–water partition coefficient (Wildman–Crippen LogP) is 3.51. The molecule has 1 aliphatic carbocycles. The Labute approximate surface area is 119 Å². The Morgan fingerprint density at radius 3 is 2.58 bits per heavy atom. The number of Topliss-reactive ketones (excluding diaryl/α,β-unsaturated/α-hetero) is 1. The number of carbonyl (C=O) groups excluding carboxylic acids is 1. The first-order valence-corrected chi connectivity index (χ1v) is 7.74. The summed E-state index contributed by atoms with van der Waals surface area (Å²) in [4.78, 5) is 16.7. The second-order valence-electron chi connectivity index (χ2n) is 6.51. The van der Waals surface area contributed by atoms with Crippen LogP contribution >= 0.6 is 11.3 Å². The summed E-state index contributed by atoms with van der Waals surface area (Å²) in [5.74, 6) is 0.247. The number of nitrogens with zero attached hydrogens (tertiary/aromatic N) is 1. The van der Waals surface area contributed by atoms with E-state index in [0.29, 0.717) is 12.8 Å². The molecule has 0 aromatic carbocycles. The Morgan fingerprint density at radius 2 is 2.16 bits per heavy atom. The topological polar surface area (TPSA) is 39.2 Å². The van der Waals surface area contributed by atoms with Crippen LogP contribution in [0.5, 0.6) is 0 Å². The third kappa shape index (κ3) is 3.42. The summed E-state index contributed by atoms with van der Waals surface area (Å²) >= 11 is 1.59. The highest BCUT2D eigenvalue weighted by molar-refractivity contribution is 7.09. The van der Waals surface area contributed by atoms with Crippen LogP contribution in [0.2, 0.25) is 0 Å². The van der Waals surface area contributed by atoms with Crippen molar-refractivity contribution in [3.05, 3.63) is 16.1 Å². The molecular weight excluding hydrogens is 258 g/mol. The maximum absolute atomic E-state index is 12.1. The lowest BCUT2D eigenvalue weighted by Crippen LogP contribution is -2.41. The highest BCUT2D eigenvalue weighted by Gasteiger charge is 2.38. The van der Waals surface area contributed by atoms with Gasteiger partial charge in [-0.2, -0.15) is 0 Å². The molecular formula is C15H23NO2S. The Morgan fingerprint density at radius 1 is 1.47 bits per heavy atom. The average molecular weight is 281 g/mol. The Hall–Kier alpha value is -0.740. The lowest BCUT2D eigenvalue weighted by Gasteiger charge is -2.40. The maximum atomic E-state index is 12.1. The summed E-state index contributed by atoms with van der Waals surface area (Å²) in [5.41, 5.74) is 0.964. The zero-order valence-corrected chi connectivity index (χ0v) is 13.1. The van der Waals surface area contributed by atoms with Crippen molar-refractivity contribution in [3.63, 3.8) is 0 Å². The van der Waals surface area contributed by atoms with Gasteiger partial charge in [0.05, 0.1) is 17.7 Å². The lowest BCUT2D eigenvalue weighted by molar-refractivity contribution is -0.131. The van der Waals surface area contributed by atoms with Gasteiger partial charge in [0.2, 0.25) is 0 Å². The molecule has 19 heavy (non-hydrogen) atoms. The Kier molecular flexibility index (Phi) is 4.11. The molecule has 1 fully saturated rings. The summed E-state index contributed by atoms with van der Waals surface area (Å²) in [5, 5.41) is 3.00. The van der Waals surface area contributed by atoms with Gasteiger partial charge in [-0.15, -0.1) is 11.3 Å². The predicted molar refractivity (Wildman–Crippen MR) is 77.7 cm³/mol. The SMILES string of the molecule is COC1(CC(=O)Cc2nc(C(C)(C)C)cs2)CCC1. The largest absolute Gasteiger partial charge is 0.378 e. The molecule has 1 aromatic heterocycles. The van der Waals surface area contributed by atoms with E-state index in [4.69, 9.17) is 4.74 Å². The second kappa shape index (κ2) is 5.33. The van der Waals surface area contributed by atoms with Gasteiger partial charge in [-0.05, 0) is 19.3 Å². The van der Waals surface area contributed by atoms with Crippen LogP contribution in [0.15, 0.2) is 5.38 Å². The van der Waals surface area contributed by atoms with Crippen molar-refractivity contribution >= 4 is 17.1 Å². The molecule has 0 radical (unpaired) electrons. The van der Waals surface area contributed by atoms with Crippen molar-refractivity contribution in [1.82, 2.24) is 4.98 Å². The van der Waals surface area contributed by atoms with E-state index in [9.17, 15) is 4.79 Å². The monoisotopic (exact) mass is 281 g/mol. The first kappa shape index (κ1) is 14.7. The van der Waals surface area contributed by atoms with E-state index in [1.54, 1.807) is 18.4 Å². The molecule has 4 heteroatoms. The van der Waals surface area contributed by atoms with Gasteiger partial charge in [0.25, 0.3) is 0 Å². The molecule has 1 saturated carbocycles. The Bertz CT molecular complexity index is 449. The van der Waals surface area contributed by atoms with Gasteiger partial charge in [0.15, 0.2) is 0 Å². The highest BCUT2D eigenvalue weighted by Crippen LogP contribution is 2.38. The number of methoxy groups -OCH3 is 1. The van der Waals surface area contributed by atoms with Crippen LogP contribution in [0.4, 0.5) is 0 Å². The molecule has 3 nitrogen and oxygen atoms in total. The minimum absolute atomic E-state index is 0.0551. The molecule has 0 saturated heterocycles. The number of rotatable bonds is 5. The maximum Gasteiger partial charge on any atom is 0.142 e. The van der Waals surface area contributed by atoms with Gasteiger partial charge in [-0.3, -0.25) is 4.79 Å². The fourth-order valence-electron chi connectivity index (χ4n) is 2.35. The van der Waals surface area contributed by atoms with Gasteiger partial charge >= 0.3 is 0 Å². The molecule has 0 aliphatic heterocycles. The molecule has 0 amide bonds. The van der Waals surface area contributed by atoms with Crippen LogP contribution < -0.4 is 0 Å². The van der Waals surface area contributed by atoms with Crippen LogP contribution in [0, 0.1) is 0 Å². The van der Waals surface area contributed by atoms with Crippen LogP contribution in [-0.4, -0.2) is 23.5 Å². The molecule has 0 unspecified atom stereocenters. The normalized spacial score (nSPS) is 18.1. The third-order valence-electron chi connectivity index (χ3n) is 3.89. The minimum atomic E-state index is -0.165. The summed E-state index contributed by atoms with van der Waals surface area (Å²) in [6.45, 7) is 6.42. The number of ether oxygens (including phenoxy) is 1. The highest BCUT2D eigenvalue weighted by atomic mass is 32.1. The summed E-state index contributed by atoms with van der Waals surface area (Å²) in [6.07, 6.45) is 4.19. The van der Waals surface area contributed by atoms with Gasteiger partial charge < -0.3 is 4.74 Å². The van der Waals surface area contributed by atoms with E-state index in [0.717, 1.165) is 23.5 Å². The van der Waals surface area contributed by atoms with Crippen molar-refractivity contribution in [2.45, 2.75) is 63.9 Å². The number of hydrogen-bond donors (Lipinski definition) is 0. The number of hydrogen-bond acceptors (Lipinski definition) is 4. The van der Waals surface area contributed by atoms with Crippen LogP contribution in [0.3, 0.4) is 0 Å². The third-order valence-corrected chi connectivity index (χ3v) is 4.73. The molecule has 1 aromatic rings. The van der Waals surface area contributed by atoms with E-state index in [1.807, 2.05) is 0 Å². The number of aromatic nitrogens is 1. The molecule has 0 spiro atoms. The molecule has 1 aliphatic rings. The lowest BCUT2D eigenvalue weighted by atomic mass is 9.76. The van der Waals surface area contributed by atoms with E-state index >= 15 is 0 Å². The summed E-state index contributed by atoms with van der Waals surface area (Å²) < 4.78 is 5.50. The zero-order chi connectivity index (χ0) is 14.1. The number of thiazole rings is 1. The van der Waals surface area contributed by atoms with E-state index in [-0.39, 0.29) is 16.8 Å². The van der Waals surface area contributed by atoms with Crippen molar-refractivity contribution in [3.8, 4) is 0 Å². The molecule has 0 N–H and O–H groups in total. The van der Waals surface area contributed by atoms with Crippen molar-refractivity contribution in [2.75, 3.05) is 7.11 Å². The van der Waals surface area contributed by atoms with Crippen LogP contribution in [-0.2, 0) is 21.4 Å². The standard InChI is InChI=1S/C15H23NO2S/c1-14(2,3)12-10-19-13(16-12)8-11(17)9-15(18-4)6-5-7-15/h10H,5-9H2,1-4H3. The van der Waals surface area contributed by atoms with E-state index < -0.39 is 0 Å².